The maximum absolute atomic E-state index is 8.44. The second-order valence-electron chi connectivity index (χ2n) is 2.87. The average molecular weight is 203 g/mol. The van der Waals surface area contributed by atoms with Crippen molar-refractivity contribution in [3.63, 3.8) is 0 Å². The van der Waals surface area contributed by atoms with Crippen LogP contribution in [-0.4, -0.2) is 9.97 Å². The highest BCUT2D eigenvalue weighted by atomic mass is 32.1. The maximum atomic E-state index is 8.44. The molecule has 2 aromatic rings. The van der Waals surface area contributed by atoms with Gasteiger partial charge >= 0.3 is 0 Å². The molecule has 2 heterocycles. The molecule has 3 nitrogen and oxygen atoms in total. The predicted octanol–water partition coefficient (Wildman–Crippen LogP) is 2.59. The van der Waals surface area contributed by atoms with Crippen LogP contribution >= 0.6 is 11.3 Å². The molecule has 2 rings (SSSR count). The van der Waals surface area contributed by atoms with Crippen LogP contribution in [0, 0.1) is 11.3 Å². The van der Waals surface area contributed by atoms with Crippen molar-refractivity contribution >= 4 is 11.3 Å². The van der Waals surface area contributed by atoms with Crippen LogP contribution < -0.4 is 0 Å². The first kappa shape index (κ1) is 8.97. The van der Waals surface area contributed by atoms with Crippen LogP contribution in [0.2, 0.25) is 0 Å². The lowest BCUT2D eigenvalue weighted by molar-refractivity contribution is 0.990. The third kappa shape index (κ3) is 1.83. The van der Waals surface area contributed by atoms with Crippen molar-refractivity contribution in [1.29, 1.82) is 5.26 Å². The second kappa shape index (κ2) is 4.07. The van der Waals surface area contributed by atoms with Gasteiger partial charge in [-0.15, -0.1) is 11.3 Å². The van der Waals surface area contributed by atoms with E-state index in [0.29, 0.717) is 6.42 Å². The minimum absolute atomic E-state index is 0.539. The van der Waals surface area contributed by atoms with Gasteiger partial charge in [0.05, 0.1) is 22.5 Å². The normalized spacial score (nSPS) is 9.93. The van der Waals surface area contributed by atoms with Gasteiger partial charge in [0, 0.05) is 24.4 Å². The highest BCUT2D eigenvalue weighted by Crippen LogP contribution is 2.20. The standard InChI is InChI=1S/C10H9N3S/c11-5-1-4-10-13-9(7-14-10)8-3-2-6-12-8/h2-3,6-7,12H,1,4H2. The smallest absolute Gasteiger partial charge is 0.0976 e. The highest BCUT2D eigenvalue weighted by molar-refractivity contribution is 7.09. The first-order chi connectivity index (χ1) is 6.90. The zero-order valence-electron chi connectivity index (χ0n) is 7.53. The van der Waals surface area contributed by atoms with Crippen molar-refractivity contribution < 1.29 is 0 Å². The fourth-order valence-electron chi connectivity index (χ4n) is 1.20. The lowest BCUT2D eigenvalue weighted by Crippen LogP contribution is -1.82. The number of nitriles is 1. The van der Waals surface area contributed by atoms with Gasteiger partial charge in [-0.3, -0.25) is 0 Å². The molecule has 0 atom stereocenters. The summed E-state index contributed by atoms with van der Waals surface area (Å²) in [5, 5.41) is 11.5. The Hall–Kier alpha value is -1.60. The monoisotopic (exact) mass is 203 g/mol. The largest absolute Gasteiger partial charge is 0.360 e. The fraction of sp³-hybridized carbons (Fsp3) is 0.200. The predicted molar refractivity (Wildman–Crippen MR) is 55.8 cm³/mol. The Kier molecular flexibility index (Phi) is 2.61. The van der Waals surface area contributed by atoms with Crippen molar-refractivity contribution in [3.05, 3.63) is 28.7 Å². The van der Waals surface area contributed by atoms with Crippen molar-refractivity contribution in [3.8, 4) is 17.5 Å². The van der Waals surface area contributed by atoms with Crippen molar-refractivity contribution in [2.24, 2.45) is 0 Å². The Balaban J connectivity index is 2.15. The molecule has 1 N–H and O–H groups in total. The van der Waals surface area contributed by atoms with Crippen LogP contribution in [0.1, 0.15) is 11.4 Å². The van der Waals surface area contributed by atoms with E-state index in [1.165, 1.54) is 0 Å². The number of aryl methyl sites for hydroxylation is 1. The van der Waals surface area contributed by atoms with Gasteiger partial charge in [-0.2, -0.15) is 5.26 Å². The zero-order chi connectivity index (χ0) is 9.80. The quantitative estimate of drug-likeness (QED) is 0.833. The van der Waals surface area contributed by atoms with Gasteiger partial charge < -0.3 is 4.98 Å². The Morgan fingerprint density at radius 3 is 3.21 bits per heavy atom. The number of aromatic amines is 1. The molecule has 0 aliphatic heterocycles. The van der Waals surface area contributed by atoms with E-state index in [9.17, 15) is 0 Å². The fourth-order valence-corrected chi connectivity index (χ4v) is 2.00. The Bertz CT molecular complexity index is 436. The van der Waals surface area contributed by atoms with Crippen LogP contribution in [0.5, 0.6) is 0 Å². The van der Waals surface area contributed by atoms with Gasteiger partial charge in [0.25, 0.3) is 0 Å². The number of hydrogen-bond donors (Lipinski definition) is 1. The van der Waals surface area contributed by atoms with Crippen LogP contribution in [0.15, 0.2) is 23.7 Å². The number of aromatic nitrogens is 2. The molecule has 0 bridgehead atoms. The van der Waals surface area contributed by atoms with E-state index < -0.39 is 0 Å². The van der Waals surface area contributed by atoms with Crippen molar-refractivity contribution in [2.75, 3.05) is 0 Å². The summed E-state index contributed by atoms with van der Waals surface area (Å²) in [4.78, 5) is 7.53. The molecule has 70 valence electrons. The van der Waals surface area contributed by atoms with Gasteiger partial charge in [0.2, 0.25) is 0 Å². The van der Waals surface area contributed by atoms with E-state index in [4.69, 9.17) is 5.26 Å². The van der Waals surface area contributed by atoms with E-state index in [0.717, 1.165) is 22.8 Å². The van der Waals surface area contributed by atoms with Gasteiger partial charge in [0.1, 0.15) is 0 Å². The molecule has 0 saturated heterocycles. The zero-order valence-corrected chi connectivity index (χ0v) is 8.34. The summed E-state index contributed by atoms with van der Waals surface area (Å²) in [7, 11) is 0. The molecule has 0 aliphatic rings. The van der Waals surface area contributed by atoms with Crippen LogP contribution in [0.25, 0.3) is 11.4 Å². The molecule has 0 fully saturated rings. The van der Waals surface area contributed by atoms with Crippen LogP contribution in [0.3, 0.4) is 0 Å². The number of nitrogens with one attached hydrogen (secondary N) is 1. The summed E-state index contributed by atoms with van der Waals surface area (Å²) in [6, 6.07) is 6.06. The van der Waals surface area contributed by atoms with Gasteiger partial charge in [-0.05, 0) is 12.1 Å². The molecule has 4 heteroatoms. The molecule has 0 amide bonds. The van der Waals surface area contributed by atoms with E-state index in [1.807, 2.05) is 23.7 Å². The molecule has 2 aromatic heterocycles. The molecule has 0 unspecified atom stereocenters. The lowest BCUT2D eigenvalue weighted by atomic mass is 10.3. The highest BCUT2D eigenvalue weighted by Gasteiger charge is 2.03. The SMILES string of the molecule is N#CCCc1nc(-c2ccc[nH]2)cs1. The second-order valence-corrected chi connectivity index (χ2v) is 3.81. The Morgan fingerprint density at radius 2 is 2.50 bits per heavy atom. The van der Waals surface area contributed by atoms with Crippen LogP contribution in [0.4, 0.5) is 0 Å². The van der Waals surface area contributed by atoms with E-state index in [1.54, 1.807) is 11.3 Å². The van der Waals surface area contributed by atoms with Crippen molar-refractivity contribution in [2.45, 2.75) is 12.8 Å². The topological polar surface area (TPSA) is 52.5 Å². The number of H-pyrrole nitrogens is 1. The maximum Gasteiger partial charge on any atom is 0.0976 e. The third-order valence-electron chi connectivity index (χ3n) is 1.88. The molecular weight excluding hydrogens is 194 g/mol. The average Bonchev–Trinajstić information content (AvgIpc) is 2.85. The van der Waals surface area contributed by atoms with Gasteiger partial charge in [0.15, 0.2) is 0 Å². The number of nitrogens with zero attached hydrogens (tertiary/aromatic N) is 2. The summed E-state index contributed by atoms with van der Waals surface area (Å²) >= 11 is 1.61. The van der Waals surface area contributed by atoms with Crippen LogP contribution in [-0.2, 0) is 6.42 Å². The molecule has 0 radical (unpaired) electrons. The summed E-state index contributed by atoms with van der Waals surface area (Å²) in [6.07, 6.45) is 3.17. The minimum Gasteiger partial charge on any atom is -0.360 e. The summed E-state index contributed by atoms with van der Waals surface area (Å²) in [5.41, 5.74) is 2.00. The first-order valence-electron chi connectivity index (χ1n) is 4.35. The van der Waals surface area contributed by atoms with Gasteiger partial charge in [-0.25, -0.2) is 4.98 Å². The number of rotatable bonds is 3. The summed E-state index contributed by atoms with van der Waals surface area (Å²) in [5.74, 6) is 0. The Labute approximate surface area is 86.0 Å². The Morgan fingerprint density at radius 1 is 1.57 bits per heavy atom. The number of hydrogen-bond acceptors (Lipinski definition) is 3. The third-order valence-corrected chi connectivity index (χ3v) is 2.78. The lowest BCUT2D eigenvalue weighted by Gasteiger charge is -1.89. The van der Waals surface area contributed by atoms with E-state index >= 15 is 0 Å². The first-order valence-corrected chi connectivity index (χ1v) is 5.23. The number of thiazole rings is 1. The summed E-state index contributed by atoms with van der Waals surface area (Å²) < 4.78 is 0. The molecule has 0 aliphatic carbocycles. The van der Waals surface area contributed by atoms with Crippen molar-refractivity contribution in [1.82, 2.24) is 9.97 Å². The molecule has 0 spiro atoms. The van der Waals surface area contributed by atoms with E-state index in [2.05, 4.69) is 16.0 Å². The minimum atomic E-state index is 0.539. The molecule has 0 saturated carbocycles. The summed E-state index contributed by atoms with van der Waals surface area (Å²) in [6.45, 7) is 0. The molecule has 0 aromatic carbocycles. The molecular formula is C10H9N3S. The molecule has 14 heavy (non-hydrogen) atoms. The van der Waals surface area contributed by atoms with E-state index in [-0.39, 0.29) is 0 Å². The van der Waals surface area contributed by atoms with Gasteiger partial charge in [-0.1, -0.05) is 0 Å².